The van der Waals surface area contributed by atoms with E-state index in [1.165, 1.54) is 30.3 Å². The predicted molar refractivity (Wildman–Crippen MR) is 66.2 cm³/mol. The summed E-state index contributed by atoms with van der Waals surface area (Å²) in [6, 6.07) is 10.6. The zero-order valence-corrected chi connectivity index (χ0v) is 10.2. The van der Waals surface area contributed by atoms with Gasteiger partial charge in [-0.05, 0) is 23.3 Å². The second kappa shape index (κ2) is 5.33. The van der Waals surface area contributed by atoms with Crippen LogP contribution in [0.25, 0.3) is 11.1 Å². The number of halogens is 4. The second-order valence-corrected chi connectivity index (χ2v) is 4.14. The normalized spacial score (nSPS) is 11.2. The Kier molecular flexibility index (Phi) is 3.75. The molecule has 0 spiro atoms. The van der Waals surface area contributed by atoms with Crippen LogP contribution in [0, 0.1) is 17.1 Å². The molecule has 0 saturated heterocycles. The van der Waals surface area contributed by atoms with E-state index in [1.807, 2.05) is 0 Å². The average molecular weight is 279 g/mol. The Morgan fingerprint density at radius 3 is 2.25 bits per heavy atom. The van der Waals surface area contributed by atoms with Gasteiger partial charge in [0.15, 0.2) is 0 Å². The van der Waals surface area contributed by atoms with Crippen LogP contribution in [0.1, 0.15) is 11.1 Å². The highest BCUT2D eigenvalue weighted by Crippen LogP contribution is 2.38. The van der Waals surface area contributed by atoms with Gasteiger partial charge in [-0.15, -0.1) is 0 Å². The molecule has 0 unspecified atom stereocenters. The molecule has 0 N–H and O–H groups in total. The molecule has 0 bridgehead atoms. The Labute approximate surface area is 113 Å². The Balaban J connectivity index is 2.70. The van der Waals surface area contributed by atoms with Gasteiger partial charge in [-0.25, -0.2) is 4.39 Å². The maximum absolute atomic E-state index is 13.7. The number of benzene rings is 2. The van der Waals surface area contributed by atoms with Gasteiger partial charge in [-0.3, -0.25) is 0 Å². The number of rotatable bonds is 2. The molecule has 0 aliphatic rings. The van der Waals surface area contributed by atoms with Crippen molar-refractivity contribution in [1.82, 2.24) is 0 Å². The molecule has 0 saturated carbocycles. The smallest absolute Gasteiger partial charge is 0.207 e. The van der Waals surface area contributed by atoms with Gasteiger partial charge in [0.1, 0.15) is 5.82 Å². The molecule has 2 aromatic rings. The van der Waals surface area contributed by atoms with E-state index < -0.39 is 17.6 Å². The van der Waals surface area contributed by atoms with Crippen molar-refractivity contribution < 1.29 is 17.6 Å². The summed E-state index contributed by atoms with van der Waals surface area (Å²) in [5.74, 6) is -0.680. The highest BCUT2D eigenvalue weighted by molar-refractivity contribution is 5.71. The molecule has 0 amide bonds. The topological polar surface area (TPSA) is 23.8 Å². The summed E-state index contributed by atoms with van der Waals surface area (Å²) in [7, 11) is 0. The third kappa shape index (κ3) is 2.64. The minimum absolute atomic E-state index is 0.0216. The predicted octanol–water partition coefficient (Wildman–Crippen LogP) is 4.58. The van der Waals surface area contributed by atoms with Crippen LogP contribution in [-0.4, -0.2) is 0 Å². The summed E-state index contributed by atoms with van der Waals surface area (Å²) in [5, 5.41) is 8.71. The summed E-state index contributed by atoms with van der Waals surface area (Å²) < 4.78 is 52.7. The number of nitrogens with zero attached hydrogens (tertiary/aromatic N) is 1. The van der Waals surface area contributed by atoms with Gasteiger partial charge in [0.05, 0.1) is 18.1 Å². The SMILES string of the molecule is N#CCc1c(F)cccc1-c1ccccc1C(F)(F)F. The Morgan fingerprint density at radius 2 is 1.60 bits per heavy atom. The Morgan fingerprint density at radius 1 is 0.950 bits per heavy atom. The molecule has 5 heteroatoms. The van der Waals surface area contributed by atoms with Crippen LogP contribution < -0.4 is 0 Å². The van der Waals surface area contributed by atoms with Crippen LogP contribution in [-0.2, 0) is 12.6 Å². The van der Waals surface area contributed by atoms with Gasteiger partial charge in [0, 0.05) is 5.56 Å². The standard InChI is InChI=1S/C15H9F4N/c16-14-7-3-5-10(12(14)8-9-20)11-4-1-2-6-13(11)15(17,18)19/h1-7H,8H2. The van der Waals surface area contributed by atoms with E-state index >= 15 is 0 Å². The van der Waals surface area contributed by atoms with Gasteiger partial charge < -0.3 is 0 Å². The molecule has 0 aliphatic carbocycles. The molecular formula is C15H9F4N. The Bertz CT molecular complexity index is 668. The maximum atomic E-state index is 13.7. The largest absolute Gasteiger partial charge is 0.417 e. The van der Waals surface area contributed by atoms with E-state index in [0.717, 1.165) is 12.1 Å². The summed E-state index contributed by atoms with van der Waals surface area (Å²) in [6.07, 6.45) is -4.82. The molecule has 0 aliphatic heterocycles. The first-order valence-electron chi connectivity index (χ1n) is 5.76. The molecule has 1 nitrogen and oxygen atoms in total. The minimum Gasteiger partial charge on any atom is -0.207 e. The lowest BCUT2D eigenvalue weighted by Gasteiger charge is -2.15. The van der Waals surface area contributed by atoms with Crippen molar-refractivity contribution in [2.45, 2.75) is 12.6 Å². The van der Waals surface area contributed by atoms with Crippen molar-refractivity contribution >= 4 is 0 Å². The fraction of sp³-hybridized carbons (Fsp3) is 0.133. The van der Waals surface area contributed by atoms with Crippen LogP contribution in [0.4, 0.5) is 17.6 Å². The minimum atomic E-state index is -4.53. The number of alkyl halides is 3. The van der Waals surface area contributed by atoms with Crippen molar-refractivity contribution in [2.75, 3.05) is 0 Å². The van der Waals surface area contributed by atoms with Crippen LogP contribution >= 0.6 is 0 Å². The molecule has 0 atom stereocenters. The summed E-state index contributed by atoms with van der Waals surface area (Å²) in [4.78, 5) is 0. The summed E-state index contributed by atoms with van der Waals surface area (Å²) in [5.41, 5.74) is -0.888. The second-order valence-electron chi connectivity index (χ2n) is 4.14. The zero-order chi connectivity index (χ0) is 14.8. The van der Waals surface area contributed by atoms with E-state index in [2.05, 4.69) is 0 Å². The number of hydrogen-bond donors (Lipinski definition) is 0. The Hall–Kier alpha value is -2.35. The van der Waals surface area contributed by atoms with E-state index in [1.54, 1.807) is 6.07 Å². The molecule has 2 aromatic carbocycles. The van der Waals surface area contributed by atoms with Gasteiger partial charge >= 0.3 is 6.18 Å². The van der Waals surface area contributed by atoms with Crippen LogP contribution in [0.2, 0.25) is 0 Å². The molecule has 0 radical (unpaired) electrons. The van der Waals surface area contributed by atoms with E-state index in [9.17, 15) is 17.6 Å². The molecular weight excluding hydrogens is 270 g/mol. The lowest BCUT2D eigenvalue weighted by atomic mass is 9.93. The first kappa shape index (κ1) is 14.1. The number of hydrogen-bond acceptors (Lipinski definition) is 1. The first-order valence-corrected chi connectivity index (χ1v) is 5.76. The van der Waals surface area contributed by atoms with Gasteiger partial charge in [0.2, 0.25) is 0 Å². The lowest BCUT2D eigenvalue weighted by molar-refractivity contribution is -0.137. The molecule has 2 rings (SSSR count). The van der Waals surface area contributed by atoms with Crippen molar-refractivity contribution in [1.29, 1.82) is 5.26 Å². The summed E-state index contributed by atoms with van der Waals surface area (Å²) >= 11 is 0. The van der Waals surface area contributed by atoms with Crippen molar-refractivity contribution in [2.24, 2.45) is 0 Å². The van der Waals surface area contributed by atoms with Crippen LogP contribution in [0.15, 0.2) is 42.5 Å². The molecule has 0 aromatic heterocycles. The molecule has 102 valence electrons. The fourth-order valence-electron chi connectivity index (χ4n) is 2.03. The maximum Gasteiger partial charge on any atom is 0.417 e. The monoisotopic (exact) mass is 279 g/mol. The number of nitriles is 1. The van der Waals surface area contributed by atoms with Gasteiger partial charge in [0.25, 0.3) is 0 Å². The lowest BCUT2D eigenvalue weighted by Crippen LogP contribution is -2.08. The zero-order valence-electron chi connectivity index (χ0n) is 10.2. The van der Waals surface area contributed by atoms with E-state index in [4.69, 9.17) is 5.26 Å². The van der Waals surface area contributed by atoms with E-state index in [0.29, 0.717) is 0 Å². The quantitative estimate of drug-likeness (QED) is 0.738. The molecule has 20 heavy (non-hydrogen) atoms. The van der Waals surface area contributed by atoms with Crippen LogP contribution in [0.5, 0.6) is 0 Å². The van der Waals surface area contributed by atoms with Crippen LogP contribution in [0.3, 0.4) is 0 Å². The molecule has 0 fully saturated rings. The molecule has 0 heterocycles. The van der Waals surface area contributed by atoms with Crippen molar-refractivity contribution in [3.63, 3.8) is 0 Å². The highest BCUT2D eigenvalue weighted by Gasteiger charge is 2.33. The van der Waals surface area contributed by atoms with Gasteiger partial charge in [-0.2, -0.15) is 18.4 Å². The fourth-order valence-corrected chi connectivity index (χ4v) is 2.03. The van der Waals surface area contributed by atoms with Crippen molar-refractivity contribution in [3.05, 3.63) is 59.4 Å². The average Bonchev–Trinajstić information content (AvgIpc) is 2.40. The van der Waals surface area contributed by atoms with Crippen molar-refractivity contribution in [3.8, 4) is 17.2 Å². The third-order valence-electron chi connectivity index (χ3n) is 2.90. The highest BCUT2D eigenvalue weighted by atomic mass is 19.4. The third-order valence-corrected chi connectivity index (χ3v) is 2.90. The first-order chi connectivity index (χ1) is 9.45. The van der Waals surface area contributed by atoms with Gasteiger partial charge in [-0.1, -0.05) is 30.3 Å². The van der Waals surface area contributed by atoms with E-state index in [-0.39, 0.29) is 23.1 Å². The summed E-state index contributed by atoms with van der Waals surface area (Å²) in [6.45, 7) is 0.